The number of nitrogens with zero attached hydrogens (tertiary/aromatic N) is 1. The van der Waals surface area contributed by atoms with Crippen LogP contribution in [-0.4, -0.2) is 5.91 Å². The smallest absolute Gasteiger partial charge is 0.268 e. The Morgan fingerprint density at radius 2 is 1.68 bits per heavy atom. The van der Waals surface area contributed by atoms with E-state index in [0.29, 0.717) is 5.56 Å². The van der Waals surface area contributed by atoms with E-state index in [2.05, 4.69) is 34.7 Å². The molecule has 1 heterocycles. The molecule has 0 saturated carbocycles. The van der Waals surface area contributed by atoms with Crippen LogP contribution in [0.15, 0.2) is 42.5 Å². The largest absolute Gasteiger partial charge is 0.268 e. The minimum absolute atomic E-state index is 0.0271. The predicted molar refractivity (Wildman–Crippen MR) is 84.4 cm³/mol. The second-order valence-electron chi connectivity index (χ2n) is 4.35. The van der Waals surface area contributed by atoms with Gasteiger partial charge >= 0.3 is 0 Å². The fraction of sp³-hybridized carbons (Fsp3) is 0.0625. The first kappa shape index (κ1) is 12.2. The third kappa shape index (κ3) is 2.02. The van der Waals surface area contributed by atoms with E-state index in [1.807, 2.05) is 49.4 Å². The molecule has 0 atom stereocenters. The zero-order valence-electron chi connectivity index (χ0n) is 10.3. The molecule has 1 amide bonds. The number of halogens is 1. The summed E-state index contributed by atoms with van der Waals surface area (Å²) in [6.45, 7) is 1.99. The van der Waals surface area contributed by atoms with Crippen molar-refractivity contribution in [1.29, 1.82) is 0 Å². The van der Waals surface area contributed by atoms with Gasteiger partial charge in [-0.3, -0.25) is 4.79 Å². The number of aryl methyl sites for hydroxylation is 1. The van der Waals surface area contributed by atoms with Crippen molar-refractivity contribution in [2.24, 2.45) is 0 Å². The molecule has 0 bridgehead atoms. The van der Waals surface area contributed by atoms with E-state index in [1.54, 1.807) is 3.11 Å². The summed E-state index contributed by atoms with van der Waals surface area (Å²) in [7, 11) is 0. The first-order valence-electron chi connectivity index (χ1n) is 5.89. The lowest BCUT2D eigenvalue weighted by Gasteiger charge is -2.20. The number of carbonyl (C=O) groups excluding carboxylic acids is 1. The van der Waals surface area contributed by atoms with Crippen molar-refractivity contribution >= 4 is 34.5 Å². The molecule has 0 fully saturated rings. The lowest BCUT2D eigenvalue weighted by atomic mass is 10.0. The average molecular weight is 359 g/mol. The minimum Gasteiger partial charge on any atom is -0.268 e. The Hall–Kier alpha value is -1.80. The number of para-hydroxylation sites is 1. The molecule has 0 spiro atoms. The lowest BCUT2D eigenvalue weighted by Crippen LogP contribution is -2.23. The van der Waals surface area contributed by atoms with Crippen molar-refractivity contribution in [1.82, 2.24) is 0 Å². The quantitative estimate of drug-likeness (QED) is 0.399. The van der Waals surface area contributed by atoms with Crippen molar-refractivity contribution in [2.45, 2.75) is 6.92 Å². The Bertz CT molecular complexity index is 740. The van der Waals surface area contributed by atoms with Gasteiger partial charge in [0.25, 0.3) is 5.91 Å². The first-order valence-corrected chi connectivity index (χ1v) is 6.86. The van der Waals surface area contributed by atoms with E-state index in [4.69, 9.17) is 0 Å². The third-order valence-corrected chi connectivity index (χ3v) is 4.02. The summed E-state index contributed by atoms with van der Waals surface area (Å²) < 4.78 is 1.66. The van der Waals surface area contributed by atoms with E-state index in [9.17, 15) is 4.79 Å². The summed E-state index contributed by atoms with van der Waals surface area (Å²) in [5.41, 5.74) is 4.25. The Labute approximate surface area is 125 Å². The van der Waals surface area contributed by atoms with Crippen LogP contribution < -0.4 is 3.11 Å². The zero-order chi connectivity index (χ0) is 13.4. The van der Waals surface area contributed by atoms with Crippen molar-refractivity contribution in [3.05, 3.63) is 64.7 Å². The monoisotopic (exact) mass is 359 g/mol. The van der Waals surface area contributed by atoms with Gasteiger partial charge in [0.15, 0.2) is 0 Å². The highest BCUT2D eigenvalue weighted by Crippen LogP contribution is 2.31. The fourth-order valence-electron chi connectivity index (χ4n) is 2.14. The molecule has 0 unspecified atom stereocenters. The van der Waals surface area contributed by atoms with Crippen LogP contribution in [0, 0.1) is 18.8 Å². The van der Waals surface area contributed by atoms with Gasteiger partial charge in [0.05, 0.1) is 34.1 Å². The van der Waals surface area contributed by atoms with Crippen LogP contribution in [0.5, 0.6) is 0 Å². The van der Waals surface area contributed by atoms with E-state index in [-0.39, 0.29) is 5.91 Å². The van der Waals surface area contributed by atoms with Crippen molar-refractivity contribution in [3.8, 4) is 11.8 Å². The first-order chi connectivity index (χ1) is 9.18. The van der Waals surface area contributed by atoms with Crippen LogP contribution >= 0.6 is 22.9 Å². The van der Waals surface area contributed by atoms with Crippen molar-refractivity contribution in [3.63, 3.8) is 0 Å². The molecule has 3 heteroatoms. The molecular formula is C16H10INO. The van der Waals surface area contributed by atoms with Crippen LogP contribution in [0.25, 0.3) is 0 Å². The maximum absolute atomic E-state index is 12.6. The van der Waals surface area contributed by atoms with Crippen LogP contribution in [0.2, 0.25) is 0 Å². The number of anilines is 1. The molecule has 0 aliphatic carbocycles. The van der Waals surface area contributed by atoms with Gasteiger partial charge in [-0.2, -0.15) is 0 Å². The molecule has 2 aromatic rings. The van der Waals surface area contributed by atoms with E-state index in [0.717, 1.165) is 22.4 Å². The molecule has 1 aliphatic rings. The molecule has 0 saturated heterocycles. The van der Waals surface area contributed by atoms with Gasteiger partial charge in [0.1, 0.15) is 0 Å². The molecule has 0 radical (unpaired) electrons. The Balaban J connectivity index is 2.32. The number of hydrogen-bond acceptors (Lipinski definition) is 1. The fourth-order valence-corrected chi connectivity index (χ4v) is 3.04. The summed E-state index contributed by atoms with van der Waals surface area (Å²) in [5.74, 6) is 6.24. The predicted octanol–water partition coefficient (Wildman–Crippen LogP) is 3.71. The molecule has 1 aliphatic heterocycles. The molecule has 92 valence electrons. The number of hydrogen-bond donors (Lipinski definition) is 0. The SMILES string of the molecule is Cc1cccc2c1N(I)C(=O)c1ccccc1C#C2. The van der Waals surface area contributed by atoms with E-state index in [1.165, 1.54) is 0 Å². The minimum atomic E-state index is -0.0271. The third-order valence-electron chi connectivity index (χ3n) is 3.10. The Kier molecular flexibility index (Phi) is 3.03. The summed E-state index contributed by atoms with van der Waals surface area (Å²) in [4.78, 5) is 12.6. The second-order valence-corrected chi connectivity index (χ2v) is 5.32. The van der Waals surface area contributed by atoms with Crippen molar-refractivity contribution in [2.75, 3.05) is 3.11 Å². The van der Waals surface area contributed by atoms with Crippen molar-refractivity contribution < 1.29 is 4.79 Å². The standard InChI is InChI=1S/C16H10INO/c1-11-5-4-7-13-10-9-12-6-2-3-8-14(12)16(19)18(17)15(11)13/h2-8H,1H3. The number of fused-ring (bicyclic) bond motifs is 2. The van der Waals surface area contributed by atoms with E-state index >= 15 is 0 Å². The summed E-state index contributed by atoms with van der Waals surface area (Å²) in [5, 5.41) is 0. The maximum atomic E-state index is 12.6. The molecule has 0 aromatic heterocycles. The van der Waals surface area contributed by atoms with Crippen LogP contribution in [-0.2, 0) is 0 Å². The molecule has 2 nitrogen and oxygen atoms in total. The zero-order valence-corrected chi connectivity index (χ0v) is 12.4. The van der Waals surface area contributed by atoms with Crippen LogP contribution in [0.1, 0.15) is 27.0 Å². The summed E-state index contributed by atoms with van der Waals surface area (Å²) in [6.07, 6.45) is 0. The highest BCUT2D eigenvalue weighted by molar-refractivity contribution is 14.1. The number of benzene rings is 2. The molecular weight excluding hydrogens is 349 g/mol. The van der Waals surface area contributed by atoms with Gasteiger partial charge in [0.2, 0.25) is 0 Å². The number of amides is 1. The van der Waals surface area contributed by atoms with Gasteiger partial charge in [-0.25, -0.2) is 3.11 Å². The Morgan fingerprint density at radius 3 is 2.53 bits per heavy atom. The summed E-state index contributed by atoms with van der Waals surface area (Å²) >= 11 is 2.05. The molecule has 3 rings (SSSR count). The van der Waals surface area contributed by atoms with E-state index < -0.39 is 0 Å². The topological polar surface area (TPSA) is 20.3 Å². The van der Waals surface area contributed by atoms with Gasteiger partial charge in [0, 0.05) is 11.1 Å². The second kappa shape index (κ2) is 4.71. The lowest BCUT2D eigenvalue weighted by molar-refractivity contribution is 0.101. The average Bonchev–Trinajstić information content (AvgIpc) is 2.43. The maximum Gasteiger partial charge on any atom is 0.268 e. The van der Waals surface area contributed by atoms with Crippen LogP contribution in [0.4, 0.5) is 5.69 Å². The van der Waals surface area contributed by atoms with Gasteiger partial charge < -0.3 is 0 Å². The van der Waals surface area contributed by atoms with Crippen LogP contribution in [0.3, 0.4) is 0 Å². The van der Waals surface area contributed by atoms with Gasteiger partial charge in [-0.15, -0.1) is 0 Å². The highest BCUT2D eigenvalue weighted by Gasteiger charge is 2.22. The molecule has 0 N–H and O–H groups in total. The highest BCUT2D eigenvalue weighted by atomic mass is 127. The number of carbonyl (C=O) groups is 1. The van der Waals surface area contributed by atoms with Gasteiger partial charge in [-0.1, -0.05) is 36.1 Å². The number of rotatable bonds is 0. The summed E-state index contributed by atoms with van der Waals surface area (Å²) in [6, 6.07) is 13.4. The Morgan fingerprint density at radius 1 is 1.00 bits per heavy atom. The molecule has 2 aromatic carbocycles. The normalized spacial score (nSPS) is 12.7. The van der Waals surface area contributed by atoms with Gasteiger partial charge in [-0.05, 0) is 30.7 Å². The molecule has 19 heavy (non-hydrogen) atoms.